The van der Waals surface area contributed by atoms with Gasteiger partial charge in [-0.15, -0.1) is 0 Å². The van der Waals surface area contributed by atoms with Crippen molar-refractivity contribution in [3.63, 3.8) is 0 Å². The van der Waals surface area contributed by atoms with Gasteiger partial charge in [0.1, 0.15) is 6.04 Å². The molecule has 0 radical (unpaired) electrons. The van der Waals surface area contributed by atoms with Gasteiger partial charge in [-0.25, -0.2) is 0 Å². The summed E-state index contributed by atoms with van der Waals surface area (Å²) in [6, 6.07) is -0.332. The number of aliphatic carboxylic acids is 1. The molecule has 0 saturated heterocycles. The van der Waals surface area contributed by atoms with Crippen molar-refractivity contribution in [3.8, 4) is 0 Å². The predicted octanol–water partition coefficient (Wildman–Crippen LogP) is 2.75. The lowest BCUT2D eigenvalue weighted by atomic mass is 9.88. The van der Waals surface area contributed by atoms with E-state index in [0.29, 0.717) is 0 Å². The van der Waals surface area contributed by atoms with Crippen LogP contribution >= 0.6 is 0 Å². The van der Waals surface area contributed by atoms with E-state index in [1.165, 1.54) is 32.1 Å². The first-order valence-electron chi connectivity index (χ1n) is 6.62. The third-order valence-electron chi connectivity index (χ3n) is 3.63. The molecule has 1 aliphatic carbocycles. The monoisotopic (exact) mass is 227 g/mol. The Balaban J connectivity index is 2.45. The smallest absolute Gasteiger partial charge is 0.320 e. The molecule has 0 spiro atoms. The SMILES string of the molecule is CCCN(CC1CCCCC1)C(C)C(=O)O. The number of carboxylic acids is 1. The second-order valence-electron chi connectivity index (χ2n) is 5.01. The lowest BCUT2D eigenvalue weighted by molar-refractivity contribution is -0.142. The molecule has 0 bridgehead atoms. The highest BCUT2D eigenvalue weighted by Gasteiger charge is 2.23. The fourth-order valence-corrected chi connectivity index (χ4v) is 2.59. The lowest BCUT2D eigenvalue weighted by Gasteiger charge is -2.31. The molecule has 1 unspecified atom stereocenters. The first kappa shape index (κ1) is 13.5. The molecular formula is C13H25NO2. The van der Waals surface area contributed by atoms with Crippen molar-refractivity contribution in [2.45, 2.75) is 58.4 Å². The van der Waals surface area contributed by atoms with E-state index in [1.54, 1.807) is 6.92 Å². The number of carbonyl (C=O) groups is 1. The van der Waals surface area contributed by atoms with Crippen LogP contribution in [0.1, 0.15) is 52.4 Å². The molecule has 0 aliphatic heterocycles. The van der Waals surface area contributed by atoms with Crippen LogP contribution in [-0.4, -0.2) is 35.1 Å². The van der Waals surface area contributed by atoms with Gasteiger partial charge in [-0.2, -0.15) is 0 Å². The predicted molar refractivity (Wildman–Crippen MR) is 65.5 cm³/mol. The van der Waals surface area contributed by atoms with E-state index in [9.17, 15) is 4.79 Å². The van der Waals surface area contributed by atoms with Crippen LogP contribution in [0.4, 0.5) is 0 Å². The summed E-state index contributed by atoms with van der Waals surface area (Å²) in [4.78, 5) is 13.2. The Morgan fingerprint density at radius 3 is 2.50 bits per heavy atom. The zero-order chi connectivity index (χ0) is 12.0. The summed E-state index contributed by atoms with van der Waals surface area (Å²) in [5, 5.41) is 9.07. The summed E-state index contributed by atoms with van der Waals surface area (Å²) in [5.41, 5.74) is 0. The summed E-state index contributed by atoms with van der Waals surface area (Å²) in [6.45, 7) is 5.80. The molecule has 1 fully saturated rings. The van der Waals surface area contributed by atoms with Crippen molar-refractivity contribution in [1.82, 2.24) is 4.90 Å². The highest BCUT2D eigenvalue weighted by Crippen LogP contribution is 2.25. The van der Waals surface area contributed by atoms with E-state index >= 15 is 0 Å². The van der Waals surface area contributed by atoms with Crippen LogP contribution in [0.2, 0.25) is 0 Å². The minimum absolute atomic E-state index is 0.332. The topological polar surface area (TPSA) is 40.5 Å². The van der Waals surface area contributed by atoms with Crippen molar-refractivity contribution in [2.75, 3.05) is 13.1 Å². The molecule has 94 valence electrons. The largest absolute Gasteiger partial charge is 0.480 e. The van der Waals surface area contributed by atoms with Gasteiger partial charge in [-0.1, -0.05) is 26.2 Å². The van der Waals surface area contributed by atoms with Crippen molar-refractivity contribution in [3.05, 3.63) is 0 Å². The van der Waals surface area contributed by atoms with Gasteiger partial charge in [0.2, 0.25) is 0 Å². The van der Waals surface area contributed by atoms with Crippen LogP contribution in [0, 0.1) is 5.92 Å². The third-order valence-corrected chi connectivity index (χ3v) is 3.63. The number of carboxylic acid groups (broad SMARTS) is 1. The molecule has 16 heavy (non-hydrogen) atoms. The third kappa shape index (κ3) is 4.12. The fraction of sp³-hybridized carbons (Fsp3) is 0.923. The average molecular weight is 227 g/mol. The Morgan fingerprint density at radius 2 is 2.00 bits per heavy atom. The van der Waals surface area contributed by atoms with Gasteiger partial charge in [0.25, 0.3) is 0 Å². The maximum atomic E-state index is 11.0. The fourth-order valence-electron chi connectivity index (χ4n) is 2.59. The summed E-state index contributed by atoms with van der Waals surface area (Å²) in [5.74, 6) is 0.0337. The Labute approximate surface area is 98.8 Å². The van der Waals surface area contributed by atoms with Crippen LogP contribution in [0.5, 0.6) is 0 Å². The maximum absolute atomic E-state index is 11.0. The Morgan fingerprint density at radius 1 is 1.38 bits per heavy atom. The van der Waals surface area contributed by atoms with Crippen LogP contribution in [-0.2, 0) is 4.79 Å². The van der Waals surface area contributed by atoms with Gasteiger partial charge in [0.15, 0.2) is 0 Å². The van der Waals surface area contributed by atoms with E-state index < -0.39 is 5.97 Å². The van der Waals surface area contributed by atoms with Crippen molar-refractivity contribution >= 4 is 5.97 Å². The zero-order valence-corrected chi connectivity index (χ0v) is 10.6. The Bertz CT molecular complexity index is 212. The molecular weight excluding hydrogens is 202 g/mol. The first-order valence-corrected chi connectivity index (χ1v) is 6.62. The van der Waals surface area contributed by atoms with Gasteiger partial charge in [0, 0.05) is 6.54 Å². The van der Waals surface area contributed by atoms with Crippen LogP contribution in [0.3, 0.4) is 0 Å². The lowest BCUT2D eigenvalue weighted by Crippen LogP contribution is -2.42. The van der Waals surface area contributed by atoms with Gasteiger partial charge in [-0.3, -0.25) is 9.69 Å². The van der Waals surface area contributed by atoms with Crippen molar-refractivity contribution in [2.24, 2.45) is 5.92 Å². The van der Waals surface area contributed by atoms with Gasteiger partial charge >= 0.3 is 5.97 Å². The number of nitrogens with zero attached hydrogens (tertiary/aromatic N) is 1. The van der Waals surface area contributed by atoms with Crippen molar-refractivity contribution < 1.29 is 9.90 Å². The normalized spacial score (nSPS) is 19.9. The molecule has 0 amide bonds. The average Bonchev–Trinajstić information content (AvgIpc) is 2.29. The second-order valence-corrected chi connectivity index (χ2v) is 5.01. The van der Waals surface area contributed by atoms with Crippen LogP contribution in [0.15, 0.2) is 0 Å². The molecule has 0 aromatic rings. The van der Waals surface area contributed by atoms with E-state index in [4.69, 9.17) is 5.11 Å². The molecule has 1 rings (SSSR count). The molecule has 3 heteroatoms. The second kappa shape index (κ2) is 6.89. The Hall–Kier alpha value is -0.570. The van der Waals surface area contributed by atoms with Crippen molar-refractivity contribution in [1.29, 1.82) is 0 Å². The molecule has 0 heterocycles. The summed E-state index contributed by atoms with van der Waals surface area (Å²) < 4.78 is 0. The van der Waals surface area contributed by atoms with E-state index in [1.807, 2.05) is 0 Å². The molecule has 0 aromatic heterocycles. The van der Waals surface area contributed by atoms with Crippen LogP contribution < -0.4 is 0 Å². The molecule has 1 aliphatic rings. The molecule has 0 aromatic carbocycles. The van der Waals surface area contributed by atoms with E-state index in [2.05, 4.69) is 11.8 Å². The van der Waals surface area contributed by atoms with Gasteiger partial charge < -0.3 is 5.11 Å². The maximum Gasteiger partial charge on any atom is 0.320 e. The van der Waals surface area contributed by atoms with Crippen LogP contribution in [0.25, 0.3) is 0 Å². The highest BCUT2D eigenvalue weighted by atomic mass is 16.4. The molecule has 1 saturated carbocycles. The zero-order valence-electron chi connectivity index (χ0n) is 10.6. The quantitative estimate of drug-likeness (QED) is 0.758. The summed E-state index contributed by atoms with van der Waals surface area (Å²) in [7, 11) is 0. The summed E-state index contributed by atoms with van der Waals surface area (Å²) >= 11 is 0. The number of rotatable bonds is 6. The first-order chi connectivity index (χ1) is 7.65. The molecule has 1 atom stereocenters. The highest BCUT2D eigenvalue weighted by molar-refractivity contribution is 5.72. The molecule has 3 nitrogen and oxygen atoms in total. The van der Waals surface area contributed by atoms with Gasteiger partial charge in [0.05, 0.1) is 0 Å². The number of hydrogen-bond acceptors (Lipinski definition) is 2. The Kier molecular flexibility index (Phi) is 5.81. The standard InChI is InChI=1S/C13H25NO2/c1-3-9-14(11(2)13(15)16)10-12-7-5-4-6-8-12/h11-12H,3-10H2,1-2H3,(H,15,16). The van der Waals surface area contributed by atoms with E-state index in [-0.39, 0.29) is 6.04 Å². The van der Waals surface area contributed by atoms with Gasteiger partial charge in [-0.05, 0) is 38.6 Å². The van der Waals surface area contributed by atoms with E-state index in [0.717, 1.165) is 25.4 Å². The molecule has 1 N–H and O–H groups in total. The minimum atomic E-state index is -0.691. The summed E-state index contributed by atoms with van der Waals surface area (Å²) in [6.07, 6.45) is 7.61. The number of hydrogen-bond donors (Lipinski definition) is 1. The minimum Gasteiger partial charge on any atom is -0.480 e.